The standard InChI is InChI=1S/3C6H16N2.6CH3.3Li.Sm/c3*1-7(2)5-6-8(3)4;;;;;;;;;;/h3*5-6H2,1-4H3;6*1H3;;;;/q;;;6*-1;3*+1;+3. The van der Waals surface area contributed by atoms with E-state index in [1.54, 1.807) is 0 Å². The Balaban J connectivity index is -0.0000000154. The summed E-state index contributed by atoms with van der Waals surface area (Å²) >= 11 is 0. The molecule has 0 N–H and O–H groups in total. The van der Waals surface area contributed by atoms with Crippen LogP contribution < -0.4 is 56.6 Å². The van der Waals surface area contributed by atoms with Crippen LogP contribution >= 0.6 is 0 Å². The van der Waals surface area contributed by atoms with E-state index < -0.39 is 0 Å². The van der Waals surface area contributed by atoms with Gasteiger partial charge in [0, 0.05) is 39.3 Å². The summed E-state index contributed by atoms with van der Waals surface area (Å²) in [5.74, 6) is 0. The van der Waals surface area contributed by atoms with Crippen LogP contribution in [0.4, 0.5) is 0 Å². The summed E-state index contributed by atoms with van der Waals surface area (Å²) in [4.78, 5) is 13.1. The van der Waals surface area contributed by atoms with E-state index in [4.69, 9.17) is 0 Å². The number of nitrogens with zero attached hydrogens (tertiary/aromatic N) is 6. The number of likely N-dealkylation sites (N-methyl/N-ethyl adjacent to an activating group) is 6. The molecule has 0 aromatic heterocycles. The Morgan fingerprint density at radius 2 is 0.324 bits per heavy atom. The molecule has 34 heavy (non-hydrogen) atoms. The second-order valence-corrected chi connectivity index (χ2v) is 7.82. The molecular formula is C24H66Li3N6Sm. The average Bonchev–Trinajstić information content (AvgIpc) is 2.42. The van der Waals surface area contributed by atoms with E-state index in [0.29, 0.717) is 0 Å². The maximum Gasteiger partial charge on any atom is 3.00 e. The van der Waals surface area contributed by atoms with E-state index in [2.05, 4.69) is 114 Å². The maximum absolute atomic E-state index is 2.18. The summed E-state index contributed by atoms with van der Waals surface area (Å²) in [7, 11) is 25.0. The van der Waals surface area contributed by atoms with Crippen LogP contribution in [-0.2, 0) is 0 Å². The second kappa shape index (κ2) is 60.4. The molecule has 0 rings (SSSR count). The van der Waals surface area contributed by atoms with Gasteiger partial charge in [-0.25, -0.2) is 0 Å². The van der Waals surface area contributed by atoms with Crippen LogP contribution in [0.2, 0.25) is 0 Å². The van der Waals surface area contributed by atoms with Crippen molar-refractivity contribution < 1.29 is 97.0 Å². The first kappa shape index (κ1) is 83.3. The van der Waals surface area contributed by atoms with Crippen molar-refractivity contribution in [3.05, 3.63) is 44.6 Å². The topological polar surface area (TPSA) is 19.4 Å². The third-order valence-electron chi connectivity index (χ3n) is 2.98. The average molecular weight is 610 g/mol. The van der Waals surface area contributed by atoms with Gasteiger partial charge in [0.15, 0.2) is 0 Å². The molecule has 0 aliphatic carbocycles. The molecule has 0 saturated carbocycles. The number of rotatable bonds is 9. The fraction of sp³-hybridized carbons (Fsp3) is 0.750. The van der Waals surface area contributed by atoms with Crippen LogP contribution in [0, 0.1) is 84.9 Å². The van der Waals surface area contributed by atoms with Crippen molar-refractivity contribution in [2.45, 2.75) is 0 Å². The fourth-order valence-corrected chi connectivity index (χ4v) is 1.20. The van der Waals surface area contributed by atoms with Crippen molar-refractivity contribution >= 4 is 0 Å². The first-order valence-electron chi connectivity index (χ1n) is 8.76. The summed E-state index contributed by atoms with van der Waals surface area (Å²) in [6.07, 6.45) is 0. The fourth-order valence-electron chi connectivity index (χ4n) is 1.20. The Morgan fingerprint density at radius 1 is 0.265 bits per heavy atom. The van der Waals surface area contributed by atoms with Gasteiger partial charge in [-0.3, -0.25) is 0 Å². The van der Waals surface area contributed by atoms with Crippen LogP contribution in [0.25, 0.3) is 0 Å². The van der Waals surface area contributed by atoms with E-state index in [9.17, 15) is 0 Å². The summed E-state index contributed by atoms with van der Waals surface area (Å²) in [6, 6.07) is 0. The summed E-state index contributed by atoms with van der Waals surface area (Å²) in [5.41, 5.74) is 0. The zero-order valence-corrected chi connectivity index (χ0v) is 31.0. The third kappa shape index (κ3) is 125. The van der Waals surface area contributed by atoms with Gasteiger partial charge in [0.1, 0.15) is 0 Å². The smallest absolute Gasteiger partial charge is 0.358 e. The van der Waals surface area contributed by atoms with Crippen LogP contribution in [-0.4, -0.2) is 153 Å². The normalized spacial score (nSPS) is 7.94. The summed E-state index contributed by atoms with van der Waals surface area (Å²) in [6.45, 7) is 6.88. The minimum absolute atomic E-state index is 0. The molecule has 0 amide bonds. The van der Waals surface area contributed by atoms with Gasteiger partial charge < -0.3 is 74.0 Å². The predicted octanol–water partition coefficient (Wildman–Crippen LogP) is -5.96. The minimum atomic E-state index is 0. The van der Waals surface area contributed by atoms with Crippen molar-refractivity contribution in [3.63, 3.8) is 0 Å². The van der Waals surface area contributed by atoms with Gasteiger partial charge in [-0.05, 0) is 84.6 Å². The van der Waals surface area contributed by atoms with Crippen LogP contribution in [0.1, 0.15) is 0 Å². The molecule has 0 aliphatic heterocycles. The molecule has 201 valence electrons. The number of hydrogen-bond donors (Lipinski definition) is 0. The van der Waals surface area contributed by atoms with Gasteiger partial charge >= 0.3 is 97.0 Å². The van der Waals surface area contributed by atoms with Gasteiger partial charge in [-0.2, -0.15) is 0 Å². The van der Waals surface area contributed by atoms with Crippen LogP contribution in [0.15, 0.2) is 0 Å². The maximum atomic E-state index is 2.18. The SMILES string of the molecule is CN(C)CCN(C)C.CN(C)CCN(C)C.CN(C)CCN(C)C.[CH3-].[CH3-].[CH3-].[CH3-].[CH3-].[CH3-].[Li+].[Li+].[Li+].[Sm+3]. The third-order valence-corrected chi connectivity index (χ3v) is 2.98. The summed E-state index contributed by atoms with van der Waals surface area (Å²) < 4.78 is 0. The Hall–Kier alpha value is 2.89. The quantitative estimate of drug-likeness (QED) is 0.190. The van der Waals surface area contributed by atoms with Gasteiger partial charge in [-0.15, -0.1) is 0 Å². The zero-order chi connectivity index (χ0) is 19.7. The predicted molar refractivity (Wildman–Crippen MR) is 150 cm³/mol. The molecule has 0 aliphatic rings. The van der Waals surface area contributed by atoms with Crippen molar-refractivity contribution in [1.29, 1.82) is 0 Å². The largest absolute Gasteiger partial charge is 3.00 e. The Bertz CT molecular complexity index is 189. The monoisotopic (exact) mass is 612 g/mol. The molecule has 0 fully saturated rings. The molecule has 0 saturated heterocycles. The molecule has 0 heterocycles. The first-order valence-corrected chi connectivity index (χ1v) is 8.76. The van der Waals surface area contributed by atoms with Gasteiger partial charge in [0.2, 0.25) is 0 Å². The van der Waals surface area contributed by atoms with Crippen molar-refractivity contribution in [2.24, 2.45) is 0 Å². The molecule has 0 bridgehead atoms. The molecular weight excluding hydrogens is 543 g/mol. The molecule has 0 aromatic rings. The molecule has 0 spiro atoms. The van der Waals surface area contributed by atoms with E-state index >= 15 is 0 Å². The molecule has 0 atom stereocenters. The van der Waals surface area contributed by atoms with E-state index in [1.165, 1.54) is 0 Å². The molecule has 6 nitrogen and oxygen atoms in total. The van der Waals surface area contributed by atoms with Crippen molar-refractivity contribution in [1.82, 2.24) is 29.4 Å². The molecule has 10 heteroatoms. The molecule has 0 unspecified atom stereocenters. The van der Waals surface area contributed by atoms with Gasteiger partial charge in [0.25, 0.3) is 0 Å². The minimum Gasteiger partial charge on any atom is -0.358 e. The first-order chi connectivity index (χ1) is 10.9. The van der Waals surface area contributed by atoms with E-state index in [-0.39, 0.29) is 142 Å². The van der Waals surface area contributed by atoms with Gasteiger partial charge in [-0.1, -0.05) is 0 Å². The Kier molecular flexibility index (Phi) is 148. The van der Waals surface area contributed by atoms with Crippen molar-refractivity contribution in [3.8, 4) is 0 Å². The summed E-state index contributed by atoms with van der Waals surface area (Å²) in [5, 5.41) is 0. The second-order valence-electron chi connectivity index (χ2n) is 7.82. The zero-order valence-electron chi connectivity index (χ0n) is 28.3. The Morgan fingerprint density at radius 3 is 0.353 bits per heavy atom. The Labute approximate surface area is 291 Å². The molecule has 0 aromatic carbocycles. The van der Waals surface area contributed by atoms with Crippen LogP contribution in [0.5, 0.6) is 0 Å². The molecule has 1 radical (unpaired) electrons. The van der Waals surface area contributed by atoms with E-state index in [0.717, 1.165) is 39.3 Å². The van der Waals surface area contributed by atoms with Crippen molar-refractivity contribution in [2.75, 3.05) is 124 Å². The number of hydrogen-bond acceptors (Lipinski definition) is 6. The van der Waals surface area contributed by atoms with E-state index in [1.807, 2.05) is 0 Å². The van der Waals surface area contributed by atoms with Crippen LogP contribution in [0.3, 0.4) is 0 Å². The van der Waals surface area contributed by atoms with Gasteiger partial charge in [0.05, 0.1) is 0 Å².